The number of rotatable bonds is 5. The summed E-state index contributed by atoms with van der Waals surface area (Å²) in [6.07, 6.45) is 9.18. The summed E-state index contributed by atoms with van der Waals surface area (Å²) < 4.78 is 5.55. The minimum atomic E-state index is 0. The van der Waals surface area contributed by atoms with Crippen molar-refractivity contribution in [1.82, 2.24) is 5.32 Å². The van der Waals surface area contributed by atoms with Crippen molar-refractivity contribution in [2.45, 2.75) is 58.0 Å². The summed E-state index contributed by atoms with van der Waals surface area (Å²) in [5.41, 5.74) is 6.35. The van der Waals surface area contributed by atoms with Gasteiger partial charge >= 0.3 is 0 Å². The standard InChI is InChI=1S/C14H27N3O.HI/c1-2-14(7-3-4-8-14)11-17-13(15)16-10-12-6-5-9-18-12;/h12H,2-11H2,1H3,(H3,15,16,17);1H. The van der Waals surface area contributed by atoms with Gasteiger partial charge in [0.1, 0.15) is 0 Å². The molecule has 0 aromatic heterocycles. The van der Waals surface area contributed by atoms with Crippen LogP contribution in [0, 0.1) is 5.41 Å². The van der Waals surface area contributed by atoms with Gasteiger partial charge in [0.15, 0.2) is 5.96 Å². The zero-order valence-corrected chi connectivity index (χ0v) is 14.3. The maximum atomic E-state index is 5.93. The van der Waals surface area contributed by atoms with Crippen molar-refractivity contribution in [2.24, 2.45) is 16.1 Å². The van der Waals surface area contributed by atoms with E-state index in [0.29, 0.717) is 17.5 Å². The van der Waals surface area contributed by atoms with E-state index in [4.69, 9.17) is 10.5 Å². The second-order valence-electron chi connectivity index (χ2n) is 5.78. The quantitative estimate of drug-likeness (QED) is 0.437. The number of nitrogens with zero attached hydrogens (tertiary/aromatic N) is 1. The molecule has 1 saturated heterocycles. The third kappa shape index (κ3) is 5.10. The molecule has 2 rings (SSSR count). The molecule has 0 amide bonds. The van der Waals surface area contributed by atoms with Crippen LogP contribution >= 0.6 is 24.0 Å². The highest BCUT2D eigenvalue weighted by Crippen LogP contribution is 2.41. The van der Waals surface area contributed by atoms with Crippen molar-refractivity contribution in [3.8, 4) is 0 Å². The Kier molecular flexibility index (Phi) is 7.42. The van der Waals surface area contributed by atoms with Crippen molar-refractivity contribution >= 4 is 29.9 Å². The predicted molar refractivity (Wildman–Crippen MR) is 90.1 cm³/mol. The zero-order valence-electron chi connectivity index (χ0n) is 12.0. The average Bonchev–Trinajstić information content (AvgIpc) is 3.06. The summed E-state index contributed by atoms with van der Waals surface area (Å²) in [5, 5.41) is 3.19. The van der Waals surface area contributed by atoms with E-state index in [1.54, 1.807) is 0 Å². The summed E-state index contributed by atoms with van der Waals surface area (Å²) in [7, 11) is 0. The summed E-state index contributed by atoms with van der Waals surface area (Å²) in [6, 6.07) is 0. The largest absolute Gasteiger partial charge is 0.376 e. The molecule has 2 fully saturated rings. The Bertz CT molecular complexity index is 284. The van der Waals surface area contributed by atoms with Crippen molar-refractivity contribution in [1.29, 1.82) is 0 Å². The molecule has 0 bridgehead atoms. The molecule has 1 atom stereocenters. The first-order valence-electron chi connectivity index (χ1n) is 7.39. The molecule has 3 N–H and O–H groups in total. The molecule has 0 aromatic rings. The molecule has 19 heavy (non-hydrogen) atoms. The summed E-state index contributed by atoms with van der Waals surface area (Å²) in [6.45, 7) is 4.85. The van der Waals surface area contributed by atoms with Crippen molar-refractivity contribution < 1.29 is 4.74 Å². The molecule has 0 aromatic carbocycles. The maximum Gasteiger partial charge on any atom is 0.188 e. The molecular weight excluding hydrogens is 353 g/mol. The summed E-state index contributed by atoms with van der Waals surface area (Å²) in [4.78, 5) is 4.54. The Morgan fingerprint density at radius 3 is 2.68 bits per heavy atom. The SMILES string of the molecule is CCC1(CN=C(N)NCC2CCCO2)CCCC1.I. The van der Waals surface area contributed by atoms with Gasteiger partial charge in [0.05, 0.1) is 6.10 Å². The normalized spacial score (nSPS) is 26.2. The molecule has 0 spiro atoms. The fourth-order valence-electron chi connectivity index (χ4n) is 3.08. The van der Waals surface area contributed by atoms with E-state index in [2.05, 4.69) is 17.2 Å². The van der Waals surface area contributed by atoms with E-state index in [1.807, 2.05) is 0 Å². The van der Waals surface area contributed by atoms with E-state index >= 15 is 0 Å². The predicted octanol–water partition coefficient (Wildman–Crippen LogP) is 2.66. The Morgan fingerprint density at radius 2 is 2.11 bits per heavy atom. The van der Waals surface area contributed by atoms with Gasteiger partial charge in [-0.05, 0) is 37.5 Å². The van der Waals surface area contributed by atoms with E-state index < -0.39 is 0 Å². The minimum absolute atomic E-state index is 0. The van der Waals surface area contributed by atoms with Crippen LogP contribution < -0.4 is 11.1 Å². The minimum Gasteiger partial charge on any atom is -0.376 e. The number of aliphatic imine (C=N–C) groups is 1. The molecule has 4 nitrogen and oxygen atoms in total. The van der Waals surface area contributed by atoms with E-state index in [-0.39, 0.29) is 24.0 Å². The molecule has 1 saturated carbocycles. The first-order chi connectivity index (χ1) is 8.74. The first kappa shape index (κ1) is 17.0. The number of ether oxygens (including phenoxy) is 1. The number of hydrogen-bond donors (Lipinski definition) is 2. The lowest BCUT2D eigenvalue weighted by Gasteiger charge is -2.25. The van der Waals surface area contributed by atoms with Gasteiger partial charge in [-0.1, -0.05) is 19.8 Å². The fraction of sp³-hybridized carbons (Fsp3) is 0.929. The second-order valence-corrected chi connectivity index (χ2v) is 5.78. The van der Waals surface area contributed by atoms with Crippen LogP contribution in [0.2, 0.25) is 0 Å². The van der Waals surface area contributed by atoms with Gasteiger partial charge in [0, 0.05) is 19.7 Å². The van der Waals surface area contributed by atoms with Gasteiger partial charge in [-0.15, -0.1) is 24.0 Å². The van der Waals surface area contributed by atoms with Crippen LogP contribution in [-0.4, -0.2) is 31.8 Å². The fourth-order valence-corrected chi connectivity index (χ4v) is 3.08. The molecule has 1 aliphatic heterocycles. The molecule has 0 radical (unpaired) electrons. The molecule has 2 aliphatic rings. The maximum absolute atomic E-state index is 5.93. The lowest BCUT2D eigenvalue weighted by atomic mass is 9.84. The topological polar surface area (TPSA) is 59.6 Å². The number of nitrogens with two attached hydrogens (primary N) is 1. The zero-order chi connectivity index (χ0) is 12.8. The van der Waals surface area contributed by atoms with Gasteiger partial charge in [0.2, 0.25) is 0 Å². The van der Waals surface area contributed by atoms with Gasteiger partial charge in [0.25, 0.3) is 0 Å². The van der Waals surface area contributed by atoms with Crippen molar-refractivity contribution in [3.05, 3.63) is 0 Å². The van der Waals surface area contributed by atoms with Crippen molar-refractivity contribution in [3.63, 3.8) is 0 Å². The number of hydrogen-bond acceptors (Lipinski definition) is 2. The van der Waals surface area contributed by atoms with E-state index in [1.165, 1.54) is 38.5 Å². The van der Waals surface area contributed by atoms with E-state index in [0.717, 1.165) is 26.1 Å². The molecule has 1 heterocycles. The Morgan fingerprint density at radius 1 is 1.37 bits per heavy atom. The number of guanidine groups is 1. The first-order valence-corrected chi connectivity index (χ1v) is 7.39. The van der Waals surface area contributed by atoms with Crippen LogP contribution in [0.1, 0.15) is 51.9 Å². The van der Waals surface area contributed by atoms with Crippen LogP contribution in [0.5, 0.6) is 0 Å². The molecule has 1 unspecified atom stereocenters. The van der Waals surface area contributed by atoms with Crippen LogP contribution in [0.15, 0.2) is 4.99 Å². The van der Waals surface area contributed by atoms with Gasteiger partial charge in [-0.2, -0.15) is 0 Å². The summed E-state index contributed by atoms with van der Waals surface area (Å²) in [5.74, 6) is 0.588. The van der Waals surface area contributed by atoms with E-state index in [9.17, 15) is 0 Å². The number of nitrogens with one attached hydrogen (secondary N) is 1. The highest BCUT2D eigenvalue weighted by molar-refractivity contribution is 14.0. The highest BCUT2D eigenvalue weighted by Gasteiger charge is 2.31. The average molecular weight is 381 g/mol. The third-order valence-corrected chi connectivity index (χ3v) is 4.53. The van der Waals surface area contributed by atoms with Crippen molar-refractivity contribution in [2.75, 3.05) is 19.7 Å². The van der Waals surface area contributed by atoms with Crippen LogP contribution in [0.3, 0.4) is 0 Å². The van der Waals surface area contributed by atoms with Crippen LogP contribution in [-0.2, 0) is 4.74 Å². The highest BCUT2D eigenvalue weighted by atomic mass is 127. The molecule has 1 aliphatic carbocycles. The Balaban J connectivity index is 0.00000180. The molecule has 112 valence electrons. The summed E-state index contributed by atoms with van der Waals surface area (Å²) >= 11 is 0. The molecular formula is C14H28IN3O. The van der Waals surface area contributed by atoms with Gasteiger partial charge in [-0.3, -0.25) is 4.99 Å². The monoisotopic (exact) mass is 381 g/mol. The second kappa shape index (κ2) is 8.29. The lowest BCUT2D eigenvalue weighted by molar-refractivity contribution is 0.114. The van der Waals surface area contributed by atoms with Crippen LogP contribution in [0.4, 0.5) is 0 Å². The molecule has 5 heteroatoms. The van der Waals surface area contributed by atoms with Gasteiger partial charge in [-0.25, -0.2) is 0 Å². The lowest BCUT2D eigenvalue weighted by Crippen LogP contribution is -2.38. The third-order valence-electron chi connectivity index (χ3n) is 4.53. The smallest absolute Gasteiger partial charge is 0.188 e. The Labute approximate surface area is 134 Å². The Hall–Kier alpha value is -0.0400. The van der Waals surface area contributed by atoms with Crippen LogP contribution in [0.25, 0.3) is 0 Å². The number of halogens is 1. The van der Waals surface area contributed by atoms with Gasteiger partial charge < -0.3 is 15.8 Å².